The van der Waals surface area contributed by atoms with Gasteiger partial charge in [0.25, 0.3) is 5.91 Å². The van der Waals surface area contributed by atoms with E-state index in [0.29, 0.717) is 0 Å². The Hall–Kier alpha value is -1.39. The molecule has 0 bridgehead atoms. The minimum atomic E-state index is -0.132. The van der Waals surface area contributed by atoms with Crippen LogP contribution in [0, 0.1) is 6.54 Å². The molecule has 1 heterocycles. The van der Waals surface area contributed by atoms with E-state index < -0.39 is 0 Å². The van der Waals surface area contributed by atoms with Gasteiger partial charge in [0.15, 0.2) is 6.61 Å². The maximum atomic E-state index is 10.7. The summed E-state index contributed by atoms with van der Waals surface area (Å²) in [5, 5.41) is 1.32. The van der Waals surface area contributed by atoms with Crippen molar-refractivity contribution in [2.45, 2.75) is 0 Å². The molecule has 1 aliphatic heterocycles. The van der Waals surface area contributed by atoms with Crippen LogP contribution in [0.2, 0.25) is 0 Å². The van der Waals surface area contributed by atoms with Gasteiger partial charge in [-0.05, 0) is 5.56 Å². The van der Waals surface area contributed by atoms with Gasteiger partial charge >= 0.3 is 0 Å². The first-order valence-corrected chi connectivity index (χ1v) is 3.96. The van der Waals surface area contributed by atoms with Gasteiger partial charge in [0.2, 0.25) is 0 Å². The van der Waals surface area contributed by atoms with Gasteiger partial charge in [0.1, 0.15) is 6.54 Å². The minimum Gasteiger partial charge on any atom is -0.271 e. The molecular weight excluding hydrogens is 168 g/mol. The zero-order valence-corrected chi connectivity index (χ0v) is 6.93. The van der Waals surface area contributed by atoms with Crippen LogP contribution >= 0.6 is 0 Å². The molecule has 0 unspecified atom stereocenters. The van der Waals surface area contributed by atoms with Crippen molar-refractivity contribution in [3.63, 3.8) is 0 Å². The summed E-state index contributed by atoms with van der Waals surface area (Å²) in [4.78, 5) is 15.7. The van der Waals surface area contributed by atoms with Gasteiger partial charge in [-0.15, -0.1) is 0 Å². The van der Waals surface area contributed by atoms with E-state index in [0.717, 1.165) is 5.56 Å². The van der Waals surface area contributed by atoms with Crippen molar-refractivity contribution in [3.05, 3.63) is 42.4 Å². The van der Waals surface area contributed by atoms with Gasteiger partial charge in [0, 0.05) is 0 Å². The zero-order chi connectivity index (χ0) is 9.10. The molecule has 1 aliphatic rings. The lowest BCUT2D eigenvalue weighted by Crippen LogP contribution is -2.30. The summed E-state index contributed by atoms with van der Waals surface area (Å²) < 4.78 is 0. The second-order valence-corrected chi connectivity index (χ2v) is 2.67. The number of hydrogen-bond acceptors (Lipinski definition) is 3. The average molecular weight is 177 g/mol. The van der Waals surface area contributed by atoms with Crippen LogP contribution in [0.1, 0.15) is 5.56 Å². The van der Waals surface area contributed by atoms with E-state index in [-0.39, 0.29) is 12.5 Å². The van der Waals surface area contributed by atoms with E-state index >= 15 is 0 Å². The van der Waals surface area contributed by atoms with Gasteiger partial charge in [-0.25, -0.2) is 0 Å². The summed E-state index contributed by atoms with van der Waals surface area (Å²) in [6, 6.07) is 9.62. The first-order valence-electron chi connectivity index (χ1n) is 3.96. The third-order valence-electron chi connectivity index (χ3n) is 1.64. The van der Waals surface area contributed by atoms with E-state index in [2.05, 4.69) is 5.43 Å². The summed E-state index contributed by atoms with van der Waals surface area (Å²) in [6.07, 6.45) is 0. The standard InChI is InChI=1S/C9H9N2O2/c12-9-7-13-11(10-9)6-8-4-2-1-3-5-8/h1-6H,7H2,(H,10,12). The predicted molar refractivity (Wildman–Crippen MR) is 45.8 cm³/mol. The van der Waals surface area contributed by atoms with Crippen LogP contribution in [0.15, 0.2) is 30.3 Å². The van der Waals surface area contributed by atoms with E-state index in [1.165, 1.54) is 5.17 Å². The molecule has 4 heteroatoms. The molecule has 1 amide bonds. The Bertz CT molecular complexity index is 300. The van der Waals surface area contributed by atoms with Gasteiger partial charge in [-0.2, -0.15) is 0 Å². The minimum absolute atomic E-state index is 0.0866. The Labute approximate surface area is 76.0 Å². The summed E-state index contributed by atoms with van der Waals surface area (Å²) in [7, 11) is 0. The summed E-state index contributed by atoms with van der Waals surface area (Å²) in [5.41, 5.74) is 3.50. The number of amides is 1. The van der Waals surface area contributed by atoms with Crippen LogP contribution in [-0.4, -0.2) is 17.7 Å². The largest absolute Gasteiger partial charge is 0.271 e. The molecule has 1 radical (unpaired) electrons. The topological polar surface area (TPSA) is 41.6 Å². The van der Waals surface area contributed by atoms with Gasteiger partial charge in [0.05, 0.1) is 0 Å². The number of carbonyl (C=O) groups is 1. The fourth-order valence-electron chi connectivity index (χ4n) is 1.06. The lowest BCUT2D eigenvalue weighted by Gasteiger charge is -2.11. The molecule has 13 heavy (non-hydrogen) atoms. The van der Waals surface area contributed by atoms with E-state index in [4.69, 9.17) is 4.84 Å². The van der Waals surface area contributed by atoms with Crippen LogP contribution in [0.3, 0.4) is 0 Å². The maximum absolute atomic E-state index is 10.7. The van der Waals surface area contributed by atoms with Crippen LogP contribution in [0.25, 0.3) is 0 Å². The van der Waals surface area contributed by atoms with Crippen molar-refractivity contribution in [2.24, 2.45) is 0 Å². The van der Waals surface area contributed by atoms with Crippen molar-refractivity contribution in [1.29, 1.82) is 0 Å². The van der Waals surface area contributed by atoms with Crippen molar-refractivity contribution in [1.82, 2.24) is 10.6 Å². The number of hydrogen-bond donors (Lipinski definition) is 1. The normalized spacial score (nSPS) is 17.4. The van der Waals surface area contributed by atoms with Gasteiger partial charge in [-0.3, -0.25) is 15.1 Å². The highest BCUT2D eigenvalue weighted by molar-refractivity contribution is 5.77. The second-order valence-electron chi connectivity index (χ2n) is 2.67. The Kier molecular flexibility index (Phi) is 2.25. The predicted octanol–water partition coefficient (Wildman–Crippen LogP) is 0.475. The number of nitrogens with one attached hydrogen (secondary N) is 1. The van der Waals surface area contributed by atoms with Crippen LogP contribution in [0.4, 0.5) is 0 Å². The smallest absolute Gasteiger partial charge is 0.264 e. The fraction of sp³-hybridized carbons (Fsp3) is 0.111. The fourth-order valence-corrected chi connectivity index (χ4v) is 1.06. The molecule has 0 aromatic heterocycles. The van der Waals surface area contributed by atoms with E-state index in [9.17, 15) is 4.79 Å². The van der Waals surface area contributed by atoms with Crippen LogP contribution in [-0.2, 0) is 9.63 Å². The molecule has 0 aliphatic carbocycles. The van der Waals surface area contributed by atoms with Crippen molar-refractivity contribution >= 4 is 5.91 Å². The highest BCUT2D eigenvalue weighted by Gasteiger charge is 2.19. The monoisotopic (exact) mass is 177 g/mol. The first-order chi connectivity index (χ1) is 6.34. The summed E-state index contributed by atoms with van der Waals surface area (Å²) >= 11 is 0. The first kappa shape index (κ1) is 8.22. The maximum Gasteiger partial charge on any atom is 0.264 e. The van der Waals surface area contributed by atoms with Crippen LogP contribution < -0.4 is 5.43 Å². The third kappa shape index (κ3) is 2.05. The molecule has 1 aromatic carbocycles. The Balaban J connectivity index is 1.96. The number of carbonyl (C=O) groups excluding carboxylic acids is 1. The molecule has 1 saturated heterocycles. The second kappa shape index (κ2) is 3.55. The van der Waals surface area contributed by atoms with E-state index in [1.54, 1.807) is 6.54 Å². The Morgan fingerprint density at radius 2 is 2.15 bits per heavy atom. The highest BCUT2D eigenvalue weighted by Crippen LogP contribution is 2.07. The molecule has 2 rings (SSSR count). The SMILES string of the molecule is O=C1CON([CH]c2ccccc2)N1. The molecule has 67 valence electrons. The highest BCUT2D eigenvalue weighted by atomic mass is 16.7. The van der Waals surface area contributed by atoms with Crippen LogP contribution in [0.5, 0.6) is 0 Å². The summed E-state index contributed by atoms with van der Waals surface area (Å²) in [6.45, 7) is 1.80. The molecule has 0 saturated carbocycles. The average Bonchev–Trinajstić information content (AvgIpc) is 2.53. The molecule has 4 nitrogen and oxygen atoms in total. The number of hydroxylamine groups is 1. The lowest BCUT2D eigenvalue weighted by molar-refractivity contribution is -0.120. The number of hydrazine groups is 1. The molecule has 0 atom stereocenters. The van der Waals surface area contributed by atoms with Gasteiger partial charge < -0.3 is 0 Å². The van der Waals surface area contributed by atoms with Crippen molar-refractivity contribution in [3.8, 4) is 0 Å². The van der Waals surface area contributed by atoms with Crippen molar-refractivity contribution < 1.29 is 9.63 Å². The molecule has 1 fully saturated rings. The zero-order valence-electron chi connectivity index (χ0n) is 6.93. The molecular formula is C9H9N2O2. The number of benzene rings is 1. The Morgan fingerprint density at radius 3 is 2.77 bits per heavy atom. The third-order valence-corrected chi connectivity index (χ3v) is 1.64. The van der Waals surface area contributed by atoms with Gasteiger partial charge in [-0.1, -0.05) is 35.5 Å². The van der Waals surface area contributed by atoms with E-state index in [1.807, 2.05) is 30.3 Å². The number of rotatable bonds is 2. The van der Waals surface area contributed by atoms with Crippen molar-refractivity contribution in [2.75, 3.05) is 6.61 Å². The molecule has 0 spiro atoms. The number of nitrogens with zero attached hydrogens (tertiary/aromatic N) is 1. The quantitative estimate of drug-likeness (QED) is 0.714. The molecule has 1 aromatic rings. The summed E-state index contributed by atoms with van der Waals surface area (Å²) in [5.74, 6) is -0.132. The Morgan fingerprint density at radius 1 is 1.38 bits per heavy atom. The lowest BCUT2D eigenvalue weighted by atomic mass is 10.2. The molecule has 1 N–H and O–H groups in total.